The van der Waals surface area contributed by atoms with Crippen molar-refractivity contribution in [2.75, 3.05) is 6.54 Å². The van der Waals surface area contributed by atoms with Crippen LogP contribution in [0.2, 0.25) is 0 Å². The average Bonchev–Trinajstić information content (AvgIpc) is 3.27. The molecule has 4 rings (SSSR count). The quantitative estimate of drug-likeness (QED) is 0.705. The first-order valence-electron chi connectivity index (χ1n) is 7.43. The highest BCUT2D eigenvalue weighted by Gasteiger charge is 2.29. The molecule has 0 spiro atoms. The number of thiophene rings is 1. The van der Waals surface area contributed by atoms with E-state index in [-0.39, 0.29) is 0 Å². The molecule has 3 aromatic rings. The van der Waals surface area contributed by atoms with Crippen LogP contribution in [0.4, 0.5) is 0 Å². The Morgan fingerprint density at radius 1 is 1.41 bits per heavy atom. The lowest BCUT2D eigenvalue weighted by molar-refractivity contribution is 0.244. The maximum atomic E-state index is 5.85. The second-order valence-corrected chi connectivity index (χ2v) is 7.24. The second kappa shape index (κ2) is 5.95. The van der Waals surface area contributed by atoms with Crippen LogP contribution in [0.5, 0.6) is 0 Å². The van der Waals surface area contributed by atoms with Gasteiger partial charge in [0.1, 0.15) is 10.8 Å². The van der Waals surface area contributed by atoms with Gasteiger partial charge >= 0.3 is 0 Å². The zero-order chi connectivity index (χ0) is 14.9. The van der Waals surface area contributed by atoms with Crippen LogP contribution in [0.1, 0.15) is 35.3 Å². The first kappa shape index (κ1) is 14.1. The fourth-order valence-electron chi connectivity index (χ4n) is 2.97. The number of oxazole rings is 1. The Balaban J connectivity index is 1.56. The number of aryl methyl sites for hydroxylation is 1. The van der Waals surface area contributed by atoms with Gasteiger partial charge in [0, 0.05) is 29.1 Å². The summed E-state index contributed by atoms with van der Waals surface area (Å²) in [5.74, 6) is 1.66. The van der Waals surface area contributed by atoms with Gasteiger partial charge in [-0.2, -0.15) is 11.3 Å². The number of thiazole rings is 1. The van der Waals surface area contributed by atoms with Gasteiger partial charge in [0.05, 0.1) is 11.7 Å². The molecule has 0 radical (unpaired) electrons. The first-order valence-corrected chi connectivity index (χ1v) is 9.26. The van der Waals surface area contributed by atoms with Crippen molar-refractivity contribution in [3.63, 3.8) is 0 Å². The van der Waals surface area contributed by atoms with Gasteiger partial charge in [-0.25, -0.2) is 9.97 Å². The average molecular weight is 331 g/mol. The van der Waals surface area contributed by atoms with Gasteiger partial charge in [0.15, 0.2) is 0 Å². The molecule has 22 heavy (non-hydrogen) atoms. The maximum absolute atomic E-state index is 5.85. The number of nitrogens with zero attached hydrogens (tertiary/aromatic N) is 3. The summed E-state index contributed by atoms with van der Waals surface area (Å²) in [7, 11) is 0. The monoisotopic (exact) mass is 331 g/mol. The summed E-state index contributed by atoms with van der Waals surface area (Å²) in [4.78, 5) is 11.7. The molecule has 3 aromatic heterocycles. The summed E-state index contributed by atoms with van der Waals surface area (Å²) >= 11 is 3.41. The lowest BCUT2D eigenvalue weighted by atomic mass is 10.2. The summed E-state index contributed by atoms with van der Waals surface area (Å²) in [6.07, 6.45) is 4.30. The molecule has 0 amide bonds. The molecule has 0 aliphatic carbocycles. The van der Waals surface area contributed by atoms with E-state index in [9.17, 15) is 0 Å². The van der Waals surface area contributed by atoms with Gasteiger partial charge in [-0.05, 0) is 37.8 Å². The van der Waals surface area contributed by atoms with Gasteiger partial charge in [-0.1, -0.05) is 0 Å². The Morgan fingerprint density at radius 2 is 2.36 bits per heavy atom. The number of aromatic nitrogens is 2. The van der Waals surface area contributed by atoms with Gasteiger partial charge in [-0.15, -0.1) is 11.3 Å². The van der Waals surface area contributed by atoms with E-state index in [1.165, 1.54) is 17.8 Å². The van der Waals surface area contributed by atoms with E-state index in [0.29, 0.717) is 6.04 Å². The lowest BCUT2D eigenvalue weighted by Crippen LogP contribution is -2.23. The third kappa shape index (κ3) is 2.62. The molecule has 1 atom stereocenters. The molecule has 1 aliphatic rings. The van der Waals surface area contributed by atoms with Gasteiger partial charge < -0.3 is 4.42 Å². The van der Waals surface area contributed by atoms with E-state index < -0.39 is 0 Å². The highest BCUT2D eigenvalue weighted by molar-refractivity contribution is 7.09. The second-order valence-electron chi connectivity index (χ2n) is 5.53. The highest BCUT2D eigenvalue weighted by Crippen LogP contribution is 2.35. The SMILES string of the molecule is Cc1oc(-c2ccsc2)nc1CN1CCC[C@H]1c1nccs1. The minimum Gasteiger partial charge on any atom is -0.441 e. The summed E-state index contributed by atoms with van der Waals surface area (Å²) in [6, 6.07) is 2.48. The summed E-state index contributed by atoms with van der Waals surface area (Å²) in [5.41, 5.74) is 2.11. The van der Waals surface area contributed by atoms with Crippen LogP contribution < -0.4 is 0 Å². The molecule has 4 nitrogen and oxygen atoms in total. The predicted molar refractivity (Wildman–Crippen MR) is 89.1 cm³/mol. The van der Waals surface area contributed by atoms with Crippen LogP contribution in [0.3, 0.4) is 0 Å². The molecule has 114 valence electrons. The van der Waals surface area contributed by atoms with Crippen LogP contribution in [0, 0.1) is 6.92 Å². The van der Waals surface area contributed by atoms with Crippen molar-refractivity contribution < 1.29 is 4.42 Å². The highest BCUT2D eigenvalue weighted by atomic mass is 32.1. The van der Waals surface area contributed by atoms with Crippen LogP contribution in [0.15, 0.2) is 32.8 Å². The fraction of sp³-hybridized carbons (Fsp3) is 0.375. The van der Waals surface area contributed by atoms with E-state index >= 15 is 0 Å². The molecule has 0 saturated carbocycles. The lowest BCUT2D eigenvalue weighted by Gasteiger charge is -2.21. The fourth-order valence-corrected chi connectivity index (χ4v) is 4.41. The predicted octanol–water partition coefficient (Wildman–Crippen LogP) is 4.51. The van der Waals surface area contributed by atoms with Crippen molar-refractivity contribution in [1.29, 1.82) is 0 Å². The van der Waals surface area contributed by atoms with Crippen molar-refractivity contribution in [3.8, 4) is 11.5 Å². The van der Waals surface area contributed by atoms with Crippen LogP contribution in [-0.4, -0.2) is 21.4 Å². The first-order chi connectivity index (χ1) is 10.8. The normalized spacial score (nSPS) is 19.0. The Kier molecular flexibility index (Phi) is 3.82. The molecule has 1 saturated heterocycles. The number of hydrogen-bond donors (Lipinski definition) is 0. The van der Waals surface area contributed by atoms with Crippen molar-refractivity contribution in [1.82, 2.24) is 14.9 Å². The molecule has 0 bridgehead atoms. The zero-order valence-corrected chi connectivity index (χ0v) is 14.0. The molecular formula is C16H17N3OS2. The van der Waals surface area contributed by atoms with Crippen LogP contribution in [-0.2, 0) is 6.54 Å². The molecule has 0 N–H and O–H groups in total. The maximum Gasteiger partial charge on any atom is 0.227 e. The van der Waals surface area contributed by atoms with Crippen molar-refractivity contribution in [2.24, 2.45) is 0 Å². The largest absolute Gasteiger partial charge is 0.441 e. The molecule has 0 aromatic carbocycles. The van der Waals surface area contributed by atoms with E-state index in [2.05, 4.69) is 20.6 Å². The number of likely N-dealkylation sites (tertiary alicyclic amines) is 1. The molecule has 1 aliphatic heterocycles. The minimum atomic E-state index is 0.431. The molecule has 4 heterocycles. The molecule has 6 heteroatoms. The van der Waals surface area contributed by atoms with E-state index in [1.54, 1.807) is 22.7 Å². The Morgan fingerprint density at radius 3 is 3.14 bits per heavy atom. The van der Waals surface area contributed by atoms with Crippen molar-refractivity contribution in [2.45, 2.75) is 32.4 Å². The zero-order valence-electron chi connectivity index (χ0n) is 12.4. The van der Waals surface area contributed by atoms with Gasteiger partial charge in [-0.3, -0.25) is 4.90 Å². The standard InChI is InChI=1S/C16H17N3OS2/c1-11-13(18-15(20-11)12-4-7-21-10-12)9-19-6-2-3-14(19)16-17-5-8-22-16/h4-5,7-8,10,14H,2-3,6,9H2,1H3/t14-/m0/s1. The third-order valence-electron chi connectivity index (χ3n) is 4.11. The van der Waals surface area contributed by atoms with Crippen molar-refractivity contribution >= 4 is 22.7 Å². The Hall–Kier alpha value is -1.50. The number of rotatable bonds is 4. The van der Waals surface area contributed by atoms with Gasteiger partial charge in [0.2, 0.25) is 5.89 Å². The smallest absolute Gasteiger partial charge is 0.227 e. The molecule has 0 unspecified atom stereocenters. The van der Waals surface area contributed by atoms with Gasteiger partial charge in [0.25, 0.3) is 0 Å². The van der Waals surface area contributed by atoms with E-state index in [1.807, 2.05) is 24.6 Å². The minimum absolute atomic E-state index is 0.431. The van der Waals surface area contributed by atoms with Crippen molar-refractivity contribution in [3.05, 3.63) is 44.9 Å². The topological polar surface area (TPSA) is 42.2 Å². The molecule has 1 fully saturated rings. The Labute approximate surface area is 137 Å². The third-order valence-corrected chi connectivity index (χ3v) is 5.67. The van der Waals surface area contributed by atoms with E-state index in [4.69, 9.17) is 9.40 Å². The summed E-state index contributed by atoms with van der Waals surface area (Å²) in [5, 5.41) is 7.40. The molecular weight excluding hydrogens is 314 g/mol. The van der Waals surface area contributed by atoms with E-state index in [0.717, 1.165) is 36.0 Å². The van der Waals surface area contributed by atoms with Crippen LogP contribution in [0.25, 0.3) is 11.5 Å². The number of hydrogen-bond acceptors (Lipinski definition) is 6. The Bertz CT molecular complexity index is 734. The van der Waals surface area contributed by atoms with Crippen LogP contribution >= 0.6 is 22.7 Å². The summed E-state index contributed by atoms with van der Waals surface area (Å²) in [6.45, 7) is 3.95. The summed E-state index contributed by atoms with van der Waals surface area (Å²) < 4.78 is 5.85.